The van der Waals surface area contributed by atoms with Gasteiger partial charge in [0, 0.05) is 19.5 Å². The van der Waals surface area contributed by atoms with Crippen molar-refractivity contribution in [2.24, 2.45) is 7.05 Å². The Balaban J connectivity index is 2.72. The first kappa shape index (κ1) is 15.7. The maximum atomic E-state index is 5.67. The van der Waals surface area contributed by atoms with Gasteiger partial charge in [-0.3, -0.25) is 4.68 Å². The van der Waals surface area contributed by atoms with E-state index >= 15 is 0 Å². The lowest BCUT2D eigenvalue weighted by molar-refractivity contribution is 0.0624. The van der Waals surface area contributed by atoms with Gasteiger partial charge >= 0.3 is 0 Å². The van der Waals surface area contributed by atoms with Crippen molar-refractivity contribution in [1.82, 2.24) is 15.1 Å². The number of likely N-dealkylation sites (N-methyl/N-ethyl adjacent to an activating group) is 1. The summed E-state index contributed by atoms with van der Waals surface area (Å²) in [5, 5.41) is 7.81. The Morgan fingerprint density at radius 2 is 2.11 bits per heavy atom. The summed E-state index contributed by atoms with van der Waals surface area (Å²) >= 11 is 3.65. The Hall–Kier alpha value is -0.390. The van der Waals surface area contributed by atoms with Crippen LogP contribution in [0, 0.1) is 0 Å². The lowest BCUT2D eigenvalue weighted by atomic mass is 10.1. The second-order valence-electron chi connectivity index (χ2n) is 4.76. The zero-order valence-corrected chi connectivity index (χ0v) is 13.5. The van der Waals surface area contributed by atoms with E-state index < -0.39 is 0 Å². The zero-order chi connectivity index (χ0) is 13.7. The summed E-state index contributed by atoms with van der Waals surface area (Å²) in [6.45, 7) is 6.95. The van der Waals surface area contributed by atoms with Crippen LogP contribution in [0.1, 0.15) is 32.2 Å². The molecule has 0 radical (unpaired) electrons. The van der Waals surface area contributed by atoms with Crippen LogP contribution in [-0.4, -0.2) is 35.6 Å². The first-order valence-electron chi connectivity index (χ1n) is 6.48. The lowest BCUT2D eigenvalue weighted by Crippen LogP contribution is -2.34. The van der Waals surface area contributed by atoms with E-state index in [0.717, 1.165) is 23.0 Å². The van der Waals surface area contributed by atoms with Crippen molar-refractivity contribution in [2.75, 3.05) is 13.7 Å². The Kier molecular flexibility index (Phi) is 6.32. The fourth-order valence-electron chi connectivity index (χ4n) is 1.83. The normalized spacial score (nSPS) is 13.3. The molecule has 104 valence electrons. The van der Waals surface area contributed by atoms with Gasteiger partial charge in [0.25, 0.3) is 0 Å². The second kappa shape index (κ2) is 7.26. The molecule has 0 aromatic carbocycles. The molecule has 1 atom stereocenters. The summed E-state index contributed by atoms with van der Waals surface area (Å²) in [7, 11) is 3.97. The molecule has 5 heteroatoms. The van der Waals surface area contributed by atoms with Gasteiger partial charge in [0.15, 0.2) is 0 Å². The van der Waals surface area contributed by atoms with Crippen LogP contribution in [0.2, 0.25) is 0 Å². The molecule has 1 rings (SSSR count). The maximum Gasteiger partial charge on any atom is 0.0766 e. The topological polar surface area (TPSA) is 39.1 Å². The molecule has 0 bridgehead atoms. The molecule has 4 nitrogen and oxygen atoms in total. The van der Waals surface area contributed by atoms with Crippen LogP contribution in [0.4, 0.5) is 0 Å². The van der Waals surface area contributed by atoms with Crippen molar-refractivity contribution in [2.45, 2.75) is 45.8 Å². The number of aryl methyl sites for hydroxylation is 2. The molecule has 18 heavy (non-hydrogen) atoms. The van der Waals surface area contributed by atoms with Crippen LogP contribution in [0.25, 0.3) is 0 Å². The highest BCUT2D eigenvalue weighted by molar-refractivity contribution is 9.10. The van der Waals surface area contributed by atoms with Gasteiger partial charge in [-0.2, -0.15) is 5.10 Å². The molecular weight excluding hydrogens is 294 g/mol. The predicted molar refractivity (Wildman–Crippen MR) is 77.9 cm³/mol. The number of hydrogen-bond acceptors (Lipinski definition) is 3. The van der Waals surface area contributed by atoms with Crippen LogP contribution >= 0.6 is 15.9 Å². The number of ether oxygens (including phenoxy) is 1. The van der Waals surface area contributed by atoms with Crippen molar-refractivity contribution >= 4 is 15.9 Å². The third-order valence-corrected chi connectivity index (χ3v) is 3.90. The van der Waals surface area contributed by atoms with Gasteiger partial charge < -0.3 is 10.1 Å². The molecule has 1 aromatic heterocycles. The molecule has 0 aliphatic rings. The van der Waals surface area contributed by atoms with E-state index in [0.29, 0.717) is 12.6 Å². The van der Waals surface area contributed by atoms with E-state index in [1.54, 1.807) is 0 Å². The van der Waals surface area contributed by atoms with E-state index in [1.165, 1.54) is 5.69 Å². The van der Waals surface area contributed by atoms with E-state index in [1.807, 2.05) is 18.8 Å². The van der Waals surface area contributed by atoms with Crippen molar-refractivity contribution in [1.29, 1.82) is 0 Å². The highest BCUT2D eigenvalue weighted by Gasteiger charge is 2.17. The Labute approximate surface area is 118 Å². The average molecular weight is 318 g/mol. The minimum atomic E-state index is 0.266. The highest BCUT2D eigenvalue weighted by atomic mass is 79.9. The predicted octanol–water partition coefficient (Wildman–Crippen LogP) is 2.30. The average Bonchev–Trinajstić information content (AvgIpc) is 2.60. The van der Waals surface area contributed by atoms with Crippen LogP contribution < -0.4 is 5.32 Å². The maximum absolute atomic E-state index is 5.67. The lowest BCUT2D eigenvalue weighted by Gasteiger charge is -2.18. The molecule has 0 fully saturated rings. The summed E-state index contributed by atoms with van der Waals surface area (Å²) in [5.41, 5.74) is 2.34. The quantitative estimate of drug-likeness (QED) is 0.838. The molecule has 0 spiro atoms. The Morgan fingerprint density at radius 1 is 1.44 bits per heavy atom. The summed E-state index contributed by atoms with van der Waals surface area (Å²) < 4.78 is 8.77. The minimum absolute atomic E-state index is 0.266. The highest BCUT2D eigenvalue weighted by Crippen LogP contribution is 2.22. The summed E-state index contributed by atoms with van der Waals surface area (Å²) in [4.78, 5) is 0. The first-order chi connectivity index (χ1) is 8.49. The van der Waals surface area contributed by atoms with Crippen LogP contribution in [-0.2, 0) is 24.6 Å². The molecule has 1 unspecified atom stereocenters. The van der Waals surface area contributed by atoms with E-state index in [2.05, 4.69) is 47.1 Å². The smallest absolute Gasteiger partial charge is 0.0766 e. The number of nitrogens with one attached hydrogen (secondary N) is 1. The first-order valence-corrected chi connectivity index (χ1v) is 7.27. The molecule has 1 N–H and O–H groups in total. The monoisotopic (exact) mass is 317 g/mol. The zero-order valence-electron chi connectivity index (χ0n) is 12.0. The third-order valence-electron chi connectivity index (χ3n) is 2.98. The summed E-state index contributed by atoms with van der Waals surface area (Å²) in [5.74, 6) is 0. The summed E-state index contributed by atoms with van der Waals surface area (Å²) in [6.07, 6.45) is 2.12. The van der Waals surface area contributed by atoms with Gasteiger partial charge in [0.05, 0.1) is 28.6 Å². The number of rotatable bonds is 7. The van der Waals surface area contributed by atoms with Crippen molar-refractivity contribution in [3.05, 3.63) is 15.9 Å². The van der Waals surface area contributed by atoms with Gasteiger partial charge in [0.1, 0.15) is 0 Å². The fraction of sp³-hybridized carbons (Fsp3) is 0.769. The van der Waals surface area contributed by atoms with Gasteiger partial charge in [-0.1, -0.05) is 6.92 Å². The van der Waals surface area contributed by atoms with Gasteiger partial charge in [0.2, 0.25) is 0 Å². The van der Waals surface area contributed by atoms with Crippen molar-refractivity contribution in [3.8, 4) is 0 Å². The summed E-state index contributed by atoms with van der Waals surface area (Å²) in [6, 6.07) is 0.309. The number of nitrogens with zero attached hydrogens (tertiary/aromatic N) is 2. The molecular formula is C13H24BrN3O. The molecule has 0 saturated heterocycles. The molecule has 0 saturated carbocycles. The standard InChI is InChI=1S/C13H24BrN3O/c1-6-11-13(14)12(17(5)16-11)7-10(15-4)8-18-9(2)3/h9-10,15H,6-8H2,1-5H3. The van der Waals surface area contributed by atoms with Crippen molar-refractivity contribution < 1.29 is 4.74 Å². The fourth-order valence-corrected chi connectivity index (χ4v) is 2.61. The van der Waals surface area contributed by atoms with Crippen LogP contribution in [0.5, 0.6) is 0 Å². The number of hydrogen-bond donors (Lipinski definition) is 1. The number of halogens is 1. The SMILES string of the molecule is CCc1nn(C)c(CC(COC(C)C)NC)c1Br. The molecule has 0 aliphatic heterocycles. The van der Waals surface area contributed by atoms with E-state index in [-0.39, 0.29) is 6.10 Å². The van der Waals surface area contributed by atoms with Crippen molar-refractivity contribution in [3.63, 3.8) is 0 Å². The molecule has 0 amide bonds. The molecule has 1 aromatic rings. The van der Waals surface area contributed by atoms with Gasteiger partial charge in [-0.25, -0.2) is 0 Å². The van der Waals surface area contributed by atoms with Gasteiger partial charge in [-0.15, -0.1) is 0 Å². The largest absolute Gasteiger partial charge is 0.377 e. The molecule has 0 aliphatic carbocycles. The number of aromatic nitrogens is 2. The second-order valence-corrected chi connectivity index (χ2v) is 5.55. The van der Waals surface area contributed by atoms with Crippen LogP contribution in [0.3, 0.4) is 0 Å². The van der Waals surface area contributed by atoms with Gasteiger partial charge in [-0.05, 0) is 43.2 Å². The minimum Gasteiger partial charge on any atom is -0.377 e. The Bertz CT molecular complexity index is 377. The van der Waals surface area contributed by atoms with E-state index in [9.17, 15) is 0 Å². The Morgan fingerprint density at radius 3 is 2.56 bits per heavy atom. The third kappa shape index (κ3) is 4.07. The molecule has 1 heterocycles. The van der Waals surface area contributed by atoms with Crippen LogP contribution in [0.15, 0.2) is 4.47 Å². The van der Waals surface area contributed by atoms with E-state index in [4.69, 9.17) is 4.74 Å².